The molecule has 90 valence electrons. The summed E-state index contributed by atoms with van der Waals surface area (Å²) >= 11 is 5.13. The Labute approximate surface area is 109 Å². The van der Waals surface area contributed by atoms with Crippen molar-refractivity contribution in [3.8, 4) is 0 Å². The van der Waals surface area contributed by atoms with Gasteiger partial charge in [-0.3, -0.25) is 0 Å². The van der Waals surface area contributed by atoms with Gasteiger partial charge in [-0.1, -0.05) is 48.1 Å². The number of rotatable bonds is 5. The normalized spacial score (nSPS) is 11.8. The molecule has 0 bridgehead atoms. The summed E-state index contributed by atoms with van der Waals surface area (Å²) in [5.74, 6) is 0. The molecule has 1 rings (SSSR count). The molecule has 0 spiro atoms. The molecule has 17 heavy (non-hydrogen) atoms. The summed E-state index contributed by atoms with van der Waals surface area (Å²) in [5, 5.41) is 3.27. The second-order valence-electron chi connectivity index (χ2n) is 4.00. The van der Waals surface area contributed by atoms with E-state index in [0.717, 1.165) is 17.0 Å². The molecule has 0 aromatic heterocycles. The highest BCUT2D eigenvalue weighted by molar-refractivity contribution is 7.80. The average molecular weight is 245 g/mol. The van der Waals surface area contributed by atoms with Gasteiger partial charge in [0.15, 0.2) is 0 Å². The Bertz CT molecular complexity index is 444. The van der Waals surface area contributed by atoms with E-state index in [0.29, 0.717) is 0 Å². The van der Waals surface area contributed by atoms with Crippen LogP contribution >= 0.6 is 12.2 Å². The highest BCUT2D eigenvalue weighted by atomic mass is 32.1. The molecule has 0 saturated heterocycles. The van der Waals surface area contributed by atoms with Gasteiger partial charge in [0.1, 0.15) is 0 Å². The molecule has 0 aliphatic heterocycles. The van der Waals surface area contributed by atoms with Crippen molar-refractivity contribution in [2.75, 3.05) is 0 Å². The Morgan fingerprint density at radius 3 is 2.76 bits per heavy atom. The Kier molecular flexibility index (Phi) is 5.64. The number of nitrogens with one attached hydrogen (secondary N) is 1. The monoisotopic (exact) mass is 245 g/mol. The lowest BCUT2D eigenvalue weighted by Crippen LogP contribution is -2.05. The van der Waals surface area contributed by atoms with Gasteiger partial charge in [0.05, 0.1) is 0 Å². The van der Waals surface area contributed by atoms with Crippen LogP contribution in [0.5, 0.6) is 0 Å². The van der Waals surface area contributed by atoms with E-state index in [1.165, 1.54) is 11.1 Å². The van der Waals surface area contributed by atoms with E-state index in [4.69, 9.17) is 12.2 Å². The molecule has 1 aromatic rings. The number of thiocarbonyl (C=S) groups is 1. The SMILES string of the molecule is C/C=C(\C=C/NCc1cccc(C)c1)C(C)=S. The van der Waals surface area contributed by atoms with E-state index in [2.05, 4.69) is 36.5 Å². The molecule has 0 aliphatic carbocycles. The second kappa shape index (κ2) is 7.02. The molecular weight excluding hydrogens is 226 g/mol. The van der Waals surface area contributed by atoms with Crippen LogP contribution in [0.4, 0.5) is 0 Å². The molecule has 0 aliphatic rings. The maximum atomic E-state index is 5.13. The predicted molar refractivity (Wildman–Crippen MR) is 79.2 cm³/mol. The van der Waals surface area contributed by atoms with E-state index in [-0.39, 0.29) is 0 Å². The molecule has 0 saturated carbocycles. The van der Waals surface area contributed by atoms with Gasteiger partial charge in [-0.2, -0.15) is 0 Å². The molecule has 1 N–H and O–H groups in total. The third kappa shape index (κ3) is 4.96. The minimum Gasteiger partial charge on any atom is -0.387 e. The summed E-state index contributed by atoms with van der Waals surface area (Å²) in [6, 6.07) is 8.48. The van der Waals surface area contributed by atoms with Crippen LogP contribution in [0.25, 0.3) is 0 Å². The van der Waals surface area contributed by atoms with Crippen LogP contribution in [0.2, 0.25) is 0 Å². The van der Waals surface area contributed by atoms with Gasteiger partial charge in [-0.15, -0.1) is 0 Å². The third-order valence-electron chi connectivity index (χ3n) is 2.49. The quantitative estimate of drug-likeness (QED) is 0.479. The van der Waals surface area contributed by atoms with Crippen LogP contribution in [0.3, 0.4) is 0 Å². The van der Waals surface area contributed by atoms with Gasteiger partial charge in [0.25, 0.3) is 0 Å². The number of aryl methyl sites for hydroxylation is 1. The molecule has 0 fully saturated rings. The lowest BCUT2D eigenvalue weighted by atomic mass is 10.1. The van der Waals surface area contributed by atoms with Crippen molar-refractivity contribution in [2.45, 2.75) is 27.3 Å². The fourth-order valence-corrected chi connectivity index (χ4v) is 1.75. The summed E-state index contributed by atoms with van der Waals surface area (Å²) in [7, 11) is 0. The van der Waals surface area contributed by atoms with Crippen molar-refractivity contribution >= 4 is 17.1 Å². The summed E-state index contributed by atoms with van der Waals surface area (Å²) in [4.78, 5) is 0.918. The molecule has 1 aromatic carbocycles. The zero-order chi connectivity index (χ0) is 12.7. The fourth-order valence-electron chi connectivity index (χ4n) is 1.56. The fraction of sp³-hybridized carbons (Fsp3) is 0.267. The lowest BCUT2D eigenvalue weighted by Gasteiger charge is -2.03. The summed E-state index contributed by atoms with van der Waals surface area (Å²) < 4.78 is 0. The largest absolute Gasteiger partial charge is 0.387 e. The molecule has 0 amide bonds. The molecular formula is C15H19NS. The minimum atomic E-state index is 0.839. The highest BCUT2D eigenvalue weighted by Crippen LogP contribution is 2.04. The van der Waals surface area contributed by atoms with Gasteiger partial charge >= 0.3 is 0 Å². The molecule has 1 nitrogen and oxygen atoms in total. The van der Waals surface area contributed by atoms with Crippen LogP contribution in [-0.4, -0.2) is 4.86 Å². The van der Waals surface area contributed by atoms with E-state index in [1.807, 2.05) is 32.2 Å². The molecule has 0 radical (unpaired) electrons. The minimum absolute atomic E-state index is 0.839. The van der Waals surface area contributed by atoms with E-state index in [9.17, 15) is 0 Å². The molecule has 0 unspecified atom stereocenters. The van der Waals surface area contributed by atoms with Crippen molar-refractivity contribution in [1.82, 2.24) is 5.32 Å². The maximum Gasteiger partial charge on any atom is 0.0395 e. The smallest absolute Gasteiger partial charge is 0.0395 e. The van der Waals surface area contributed by atoms with Gasteiger partial charge < -0.3 is 5.32 Å². The number of allylic oxidation sites excluding steroid dienone is 3. The first kappa shape index (κ1) is 13.7. The van der Waals surface area contributed by atoms with Crippen molar-refractivity contribution in [1.29, 1.82) is 0 Å². The zero-order valence-corrected chi connectivity index (χ0v) is 11.5. The first-order chi connectivity index (χ1) is 8.13. The lowest BCUT2D eigenvalue weighted by molar-refractivity contribution is 0.868. The zero-order valence-electron chi connectivity index (χ0n) is 10.7. The van der Waals surface area contributed by atoms with Crippen molar-refractivity contribution < 1.29 is 0 Å². The number of hydrogen-bond acceptors (Lipinski definition) is 2. The Hall–Kier alpha value is -1.41. The van der Waals surface area contributed by atoms with Gasteiger partial charge in [0.2, 0.25) is 0 Å². The number of benzene rings is 1. The van der Waals surface area contributed by atoms with Crippen LogP contribution in [0, 0.1) is 6.92 Å². The van der Waals surface area contributed by atoms with Crippen LogP contribution in [0.15, 0.2) is 48.2 Å². The van der Waals surface area contributed by atoms with E-state index in [1.54, 1.807) is 0 Å². The first-order valence-electron chi connectivity index (χ1n) is 5.76. The van der Waals surface area contributed by atoms with E-state index >= 15 is 0 Å². The average Bonchev–Trinajstić information content (AvgIpc) is 2.28. The van der Waals surface area contributed by atoms with Crippen LogP contribution < -0.4 is 5.32 Å². The highest BCUT2D eigenvalue weighted by Gasteiger charge is 1.93. The molecule has 0 atom stereocenters. The third-order valence-corrected chi connectivity index (χ3v) is 2.72. The Morgan fingerprint density at radius 1 is 1.41 bits per heavy atom. The van der Waals surface area contributed by atoms with Crippen molar-refractivity contribution in [3.05, 3.63) is 59.3 Å². The summed E-state index contributed by atoms with van der Waals surface area (Å²) in [6.45, 7) is 6.88. The van der Waals surface area contributed by atoms with Crippen LogP contribution in [0.1, 0.15) is 25.0 Å². The molecule has 0 heterocycles. The first-order valence-corrected chi connectivity index (χ1v) is 6.17. The Morgan fingerprint density at radius 2 is 2.18 bits per heavy atom. The predicted octanol–water partition coefficient (Wildman–Crippen LogP) is 3.93. The second-order valence-corrected chi connectivity index (χ2v) is 4.62. The van der Waals surface area contributed by atoms with E-state index < -0.39 is 0 Å². The Balaban J connectivity index is 2.48. The maximum absolute atomic E-state index is 5.13. The standard InChI is InChI=1S/C15H19NS/c1-4-15(13(3)17)8-9-16-11-14-7-5-6-12(2)10-14/h4-10,16H,11H2,1-3H3/b9-8-,15-4+. The van der Waals surface area contributed by atoms with Gasteiger partial charge in [-0.05, 0) is 44.2 Å². The summed E-state index contributed by atoms with van der Waals surface area (Å²) in [5.41, 5.74) is 3.67. The summed E-state index contributed by atoms with van der Waals surface area (Å²) in [6.07, 6.45) is 5.98. The van der Waals surface area contributed by atoms with Crippen LogP contribution in [-0.2, 0) is 6.54 Å². The van der Waals surface area contributed by atoms with Crippen molar-refractivity contribution in [2.24, 2.45) is 0 Å². The number of hydrogen-bond donors (Lipinski definition) is 1. The topological polar surface area (TPSA) is 12.0 Å². The van der Waals surface area contributed by atoms with Crippen molar-refractivity contribution in [3.63, 3.8) is 0 Å². The molecule has 2 heteroatoms. The van der Waals surface area contributed by atoms with Gasteiger partial charge in [0, 0.05) is 11.4 Å². The van der Waals surface area contributed by atoms with Gasteiger partial charge in [-0.25, -0.2) is 0 Å².